The molecule has 0 spiro atoms. The Hall–Kier alpha value is -2.63. The number of fused-ring (bicyclic) bond motifs is 1. The first-order chi connectivity index (χ1) is 9.65. The van der Waals surface area contributed by atoms with E-state index in [9.17, 15) is 5.11 Å². The Kier molecular flexibility index (Phi) is 2.98. The van der Waals surface area contributed by atoms with Crippen molar-refractivity contribution in [3.05, 3.63) is 36.8 Å². The molecule has 0 aliphatic heterocycles. The van der Waals surface area contributed by atoms with Gasteiger partial charge in [-0.25, -0.2) is 14.6 Å². The number of anilines is 1. The lowest BCUT2D eigenvalue weighted by Crippen LogP contribution is -2.11. The van der Waals surface area contributed by atoms with Crippen LogP contribution in [-0.2, 0) is 0 Å². The van der Waals surface area contributed by atoms with Gasteiger partial charge >= 0.3 is 0 Å². The molecule has 3 aromatic rings. The number of hydrogen-bond acceptors (Lipinski definition) is 5. The Morgan fingerprint density at radius 3 is 2.60 bits per heavy atom. The van der Waals surface area contributed by atoms with Crippen LogP contribution in [0.1, 0.15) is 13.8 Å². The summed E-state index contributed by atoms with van der Waals surface area (Å²) in [6.45, 7) is 4.11. The average Bonchev–Trinajstić information content (AvgIpc) is 2.84. The van der Waals surface area contributed by atoms with Crippen LogP contribution < -0.4 is 5.32 Å². The van der Waals surface area contributed by atoms with Crippen LogP contribution in [0, 0.1) is 0 Å². The van der Waals surface area contributed by atoms with Crippen molar-refractivity contribution in [2.75, 3.05) is 5.32 Å². The monoisotopic (exact) mass is 269 g/mol. The molecule has 0 unspecified atom stereocenters. The van der Waals surface area contributed by atoms with Crippen molar-refractivity contribution in [3.8, 4) is 11.4 Å². The number of nitrogens with one attached hydrogen (secondary N) is 1. The lowest BCUT2D eigenvalue weighted by molar-refractivity contribution is 0.475. The van der Waals surface area contributed by atoms with Gasteiger partial charge in [0, 0.05) is 6.04 Å². The van der Waals surface area contributed by atoms with E-state index in [1.165, 1.54) is 6.33 Å². The Labute approximate surface area is 116 Å². The minimum atomic E-state index is 0.224. The predicted molar refractivity (Wildman–Crippen MR) is 77.1 cm³/mol. The number of phenolic OH excluding ortho intramolecular Hbond substituents is 1. The highest BCUT2D eigenvalue weighted by molar-refractivity contribution is 5.87. The summed E-state index contributed by atoms with van der Waals surface area (Å²) < 4.78 is 1.72. The number of phenols is 1. The second-order valence-corrected chi connectivity index (χ2v) is 4.83. The van der Waals surface area contributed by atoms with E-state index in [4.69, 9.17) is 0 Å². The number of nitrogens with zero attached hydrogens (tertiary/aromatic N) is 4. The van der Waals surface area contributed by atoms with E-state index in [2.05, 4.69) is 34.2 Å². The second-order valence-electron chi connectivity index (χ2n) is 4.83. The number of benzene rings is 1. The van der Waals surface area contributed by atoms with Gasteiger partial charge in [0.15, 0.2) is 5.65 Å². The molecule has 2 aromatic heterocycles. The summed E-state index contributed by atoms with van der Waals surface area (Å²) in [6.07, 6.45) is 3.26. The first-order valence-electron chi connectivity index (χ1n) is 6.40. The van der Waals surface area contributed by atoms with Crippen LogP contribution in [0.15, 0.2) is 36.8 Å². The van der Waals surface area contributed by atoms with Gasteiger partial charge in [0.05, 0.1) is 17.3 Å². The predicted octanol–water partition coefficient (Wildman–Crippen LogP) is 2.34. The summed E-state index contributed by atoms with van der Waals surface area (Å²) in [5, 5.41) is 17.8. The summed E-state index contributed by atoms with van der Waals surface area (Å²) in [6, 6.07) is 7.11. The summed E-state index contributed by atoms with van der Waals surface area (Å²) in [5.74, 6) is 0.997. The van der Waals surface area contributed by atoms with Gasteiger partial charge in [0.1, 0.15) is 17.9 Å². The van der Waals surface area contributed by atoms with E-state index in [1.54, 1.807) is 35.1 Å². The molecule has 3 rings (SSSR count). The first kappa shape index (κ1) is 12.4. The maximum atomic E-state index is 9.35. The van der Waals surface area contributed by atoms with Gasteiger partial charge in [0.25, 0.3) is 0 Å². The fourth-order valence-electron chi connectivity index (χ4n) is 2.02. The zero-order valence-electron chi connectivity index (χ0n) is 11.3. The first-order valence-corrected chi connectivity index (χ1v) is 6.40. The van der Waals surface area contributed by atoms with Crippen LogP contribution in [0.2, 0.25) is 0 Å². The Morgan fingerprint density at radius 2 is 1.90 bits per heavy atom. The Bertz CT molecular complexity index is 733. The number of aromatic nitrogens is 4. The fourth-order valence-corrected chi connectivity index (χ4v) is 2.02. The smallest absolute Gasteiger partial charge is 0.168 e. The molecule has 0 amide bonds. The van der Waals surface area contributed by atoms with Crippen LogP contribution in [0.4, 0.5) is 5.82 Å². The van der Waals surface area contributed by atoms with E-state index >= 15 is 0 Å². The van der Waals surface area contributed by atoms with E-state index in [0.717, 1.165) is 22.5 Å². The average molecular weight is 269 g/mol. The molecule has 0 fully saturated rings. The van der Waals surface area contributed by atoms with Crippen molar-refractivity contribution in [2.24, 2.45) is 0 Å². The fraction of sp³-hybridized carbons (Fsp3) is 0.214. The highest BCUT2D eigenvalue weighted by atomic mass is 16.3. The largest absolute Gasteiger partial charge is 0.508 e. The van der Waals surface area contributed by atoms with Crippen LogP contribution in [0.3, 0.4) is 0 Å². The summed E-state index contributed by atoms with van der Waals surface area (Å²) >= 11 is 0. The van der Waals surface area contributed by atoms with Crippen molar-refractivity contribution in [3.63, 3.8) is 0 Å². The molecular formula is C14H15N5O. The SMILES string of the molecule is CC(C)Nc1ncnc2c1cnn2-c1ccc(O)cc1. The standard InChI is InChI=1S/C14H15N5O/c1-9(2)18-13-12-7-17-19(14(12)16-8-15-13)10-3-5-11(20)6-4-10/h3-9,20H,1-2H3,(H,15,16,18). The van der Waals surface area contributed by atoms with Gasteiger partial charge in [0.2, 0.25) is 0 Å². The maximum absolute atomic E-state index is 9.35. The van der Waals surface area contributed by atoms with Gasteiger partial charge in [-0.05, 0) is 38.1 Å². The summed E-state index contributed by atoms with van der Waals surface area (Å²) in [5.41, 5.74) is 1.57. The molecule has 102 valence electrons. The van der Waals surface area contributed by atoms with Crippen molar-refractivity contribution in [2.45, 2.75) is 19.9 Å². The van der Waals surface area contributed by atoms with Crippen molar-refractivity contribution >= 4 is 16.9 Å². The molecule has 0 aliphatic carbocycles. The minimum absolute atomic E-state index is 0.224. The van der Waals surface area contributed by atoms with Gasteiger partial charge in [-0.15, -0.1) is 0 Å². The number of aromatic hydroxyl groups is 1. The van der Waals surface area contributed by atoms with E-state index in [0.29, 0.717) is 0 Å². The zero-order valence-corrected chi connectivity index (χ0v) is 11.3. The molecule has 0 aliphatic rings. The third-order valence-corrected chi connectivity index (χ3v) is 2.89. The molecule has 0 atom stereocenters. The van der Waals surface area contributed by atoms with E-state index < -0.39 is 0 Å². The van der Waals surface area contributed by atoms with E-state index in [-0.39, 0.29) is 11.8 Å². The lowest BCUT2D eigenvalue weighted by Gasteiger charge is -2.09. The minimum Gasteiger partial charge on any atom is -0.508 e. The van der Waals surface area contributed by atoms with Gasteiger partial charge in [-0.3, -0.25) is 0 Å². The number of rotatable bonds is 3. The van der Waals surface area contributed by atoms with Crippen molar-refractivity contribution < 1.29 is 5.11 Å². The van der Waals surface area contributed by atoms with Crippen LogP contribution in [0.5, 0.6) is 5.75 Å². The molecule has 0 bridgehead atoms. The lowest BCUT2D eigenvalue weighted by atomic mass is 10.3. The molecule has 2 heterocycles. The summed E-state index contributed by atoms with van der Waals surface area (Å²) in [7, 11) is 0. The molecule has 20 heavy (non-hydrogen) atoms. The molecule has 0 saturated heterocycles. The van der Waals surface area contributed by atoms with Crippen LogP contribution in [0.25, 0.3) is 16.7 Å². The molecular weight excluding hydrogens is 254 g/mol. The van der Waals surface area contributed by atoms with Crippen molar-refractivity contribution in [1.29, 1.82) is 0 Å². The molecule has 0 saturated carbocycles. The Morgan fingerprint density at radius 1 is 1.15 bits per heavy atom. The van der Waals surface area contributed by atoms with Gasteiger partial charge in [-0.1, -0.05) is 0 Å². The number of hydrogen-bond donors (Lipinski definition) is 2. The third-order valence-electron chi connectivity index (χ3n) is 2.89. The highest BCUT2D eigenvalue weighted by Gasteiger charge is 2.11. The molecule has 0 radical (unpaired) electrons. The maximum Gasteiger partial charge on any atom is 0.168 e. The Balaban J connectivity index is 2.12. The molecule has 6 nitrogen and oxygen atoms in total. The quantitative estimate of drug-likeness (QED) is 0.763. The molecule has 2 N–H and O–H groups in total. The molecule has 1 aromatic carbocycles. The topological polar surface area (TPSA) is 75.9 Å². The second kappa shape index (κ2) is 4.80. The highest BCUT2D eigenvalue weighted by Crippen LogP contribution is 2.22. The zero-order chi connectivity index (χ0) is 14.1. The van der Waals surface area contributed by atoms with Crippen LogP contribution in [-0.4, -0.2) is 30.9 Å². The normalized spacial score (nSPS) is 11.2. The van der Waals surface area contributed by atoms with Crippen molar-refractivity contribution in [1.82, 2.24) is 19.7 Å². The van der Waals surface area contributed by atoms with E-state index in [1.807, 2.05) is 0 Å². The third kappa shape index (κ3) is 2.16. The van der Waals surface area contributed by atoms with Gasteiger partial charge < -0.3 is 10.4 Å². The summed E-state index contributed by atoms with van der Waals surface area (Å²) in [4.78, 5) is 8.55. The molecule has 6 heteroatoms. The van der Waals surface area contributed by atoms with Crippen LogP contribution >= 0.6 is 0 Å². The van der Waals surface area contributed by atoms with Gasteiger partial charge in [-0.2, -0.15) is 5.10 Å².